The number of fused-ring (bicyclic) bond motifs is 1. The van der Waals surface area contributed by atoms with Gasteiger partial charge in [-0.05, 0) is 44.4 Å². The van der Waals surface area contributed by atoms with Crippen LogP contribution in [-0.4, -0.2) is 19.6 Å². The predicted molar refractivity (Wildman–Crippen MR) is 62.4 cm³/mol. The smallest absolute Gasteiger partial charge is 0.262 e. The summed E-state index contributed by atoms with van der Waals surface area (Å²) in [4.78, 5) is 14.0. The maximum absolute atomic E-state index is 11.7. The number of amides is 1. The molecule has 2 rings (SSSR count). The second kappa shape index (κ2) is 4.77. The molecule has 0 fully saturated rings. The molecule has 1 aliphatic carbocycles. The minimum absolute atomic E-state index is 0.0451. The van der Waals surface area contributed by atoms with Gasteiger partial charge in [0.05, 0.1) is 11.5 Å². The third-order valence-corrected chi connectivity index (χ3v) is 3.88. The zero-order valence-corrected chi connectivity index (χ0v) is 9.75. The molecule has 1 aliphatic rings. The molecule has 1 aromatic heterocycles. The zero-order chi connectivity index (χ0) is 10.7. The van der Waals surface area contributed by atoms with Gasteiger partial charge in [-0.15, -0.1) is 11.3 Å². The Bertz CT molecular complexity index is 336. The number of rotatable bonds is 3. The van der Waals surface area contributed by atoms with Crippen molar-refractivity contribution in [3.63, 3.8) is 0 Å². The predicted octanol–water partition coefficient (Wildman–Crippen LogP) is 1.53. The van der Waals surface area contributed by atoms with Gasteiger partial charge in [-0.2, -0.15) is 0 Å². The van der Waals surface area contributed by atoms with Crippen molar-refractivity contribution in [1.82, 2.24) is 10.6 Å². The first-order chi connectivity index (χ1) is 7.31. The van der Waals surface area contributed by atoms with Gasteiger partial charge in [0.15, 0.2) is 0 Å². The van der Waals surface area contributed by atoms with Gasteiger partial charge in [-0.25, -0.2) is 0 Å². The molecule has 0 aliphatic heterocycles. The maximum atomic E-state index is 11.7. The molecule has 1 heterocycles. The van der Waals surface area contributed by atoms with Crippen molar-refractivity contribution in [1.29, 1.82) is 0 Å². The lowest BCUT2D eigenvalue weighted by Crippen LogP contribution is -2.31. The van der Waals surface area contributed by atoms with Gasteiger partial charge in [0.2, 0.25) is 0 Å². The Hall–Kier alpha value is -0.870. The van der Waals surface area contributed by atoms with Gasteiger partial charge in [0, 0.05) is 4.88 Å². The molecule has 15 heavy (non-hydrogen) atoms. The van der Waals surface area contributed by atoms with Crippen LogP contribution in [0.2, 0.25) is 0 Å². The largest absolute Gasteiger partial charge is 0.339 e. The van der Waals surface area contributed by atoms with E-state index in [1.807, 2.05) is 7.05 Å². The monoisotopic (exact) mass is 224 g/mol. The summed E-state index contributed by atoms with van der Waals surface area (Å²) in [7, 11) is 1.82. The molecular formula is C11H16N2OS. The van der Waals surface area contributed by atoms with Crippen molar-refractivity contribution in [2.24, 2.45) is 0 Å². The molecule has 0 bridgehead atoms. The van der Waals surface area contributed by atoms with Crippen molar-refractivity contribution >= 4 is 17.2 Å². The summed E-state index contributed by atoms with van der Waals surface area (Å²) in [6.45, 7) is 0.529. The Morgan fingerprint density at radius 3 is 3.00 bits per heavy atom. The van der Waals surface area contributed by atoms with Crippen LogP contribution in [0.3, 0.4) is 0 Å². The highest BCUT2D eigenvalue weighted by atomic mass is 32.1. The number of hydrogen-bond donors (Lipinski definition) is 2. The molecule has 0 saturated carbocycles. The van der Waals surface area contributed by atoms with Gasteiger partial charge in [-0.3, -0.25) is 4.79 Å². The van der Waals surface area contributed by atoms with Crippen molar-refractivity contribution < 1.29 is 4.79 Å². The highest BCUT2D eigenvalue weighted by Crippen LogP contribution is 2.29. The van der Waals surface area contributed by atoms with Crippen molar-refractivity contribution in [2.75, 3.05) is 13.7 Å². The average molecular weight is 224 g/mol. The average Bonchev–Trinajstić information content (AvgIpc) is 2.69. The van der Waals surface area contributed by atoms with E-state index < -0.39 is 0 Å². The van der Waals surface area contributed by atoms with E-state index in [2.05, 4.69) is 16.7 Å². The van der Waals surface area contributed by atoms with Gasteiger partial charge in [0.25, 0.3) is 5.91 Å². The molecule has 1 aromatic rings. The first-order valence-electron chi connectivity index (χ1n) is 5.35. The summed E-state index contributed by atoms with van der Waals surface area (Å²) in [6, 6.07) is 2.06. The number of nitrogens with one attached hydrogen (secondary N) is 2. The molecule has 0 radical (unpaired) electrons. The first-order valence-corrected chi connectivity index (χ1v) is 6.17. The second-order valence-electron chi connectivity index (χ2n) is 3.80. The Kier molecular flexibility index (Phi) is 3.38. The summed E-state index contributed by atoms with van der Waals surface area (Å²) in [5.41, 5.74) is 1.39. The quantitative estimate of drug-likeness (QED) is 0.765. The molecule has 4 heteroatoms. The molecule has 0 saturated heterocycles. The summed E-state index contributed by atoms with van der Waals surface area (Å²) < 4.78 is 0. The lowest BCUT2D eigenvalue weighted by atomic mass is 9.99. The molecule has 2 N–H and O–H groups in total. The summed E-state index contributed by atoms with van der Waals surface area (Å²) in [6.07, 6.45) is 4.83. The van der Waals surface area contributed by atoms with E-state index >= 15 is 0 Å². The lowest BCUT2D eigenvalue weighted by Gasteiger charge is -2.08. The van der Waals surface area contributed by atoms with Gasteiger partial charge >= 0.3 is 0 Å². The van der Waals surface area contributed by atoms with Crippen LogP contribution >= 0.6 is 11.3 Å². The van der Waals surface area contributed by atoms with Gasteiger partial charge in [-0.1, -0.05) is 0 Å². The summed E-state index contributed by atoms with van der Waals surface area (Å²) in [5, 5.41) is 5.72. The number of carbonyl (C=O) groups is 1. The molecule has 82 valence electrons. The minimum Gasteiger partial charge on any atom is -0.339 e. The van der Waals surface area contributed by atoms with Crippen LogP contribution in [0.25, 0.3) is 0 Å². The topological polar surface area (TPSA) is 41.1 Å². The van der Waals surface area contributed by atoms with Crippen LogP contribution in [0.4, 0.5) is 0 Å². The molecule has 0 aromatic carbocycles. The number of aryl methyl sites for hydroxylation is 2. The fourth-order valence-electron chi connectivity index (χ4n) is 1.86. The lowest BCUT2D eigenvalue weighted by molar-refractivity contribution is 0.0955. The Balaban J connectivity index is 2.08. The van der Waals surface area contributed by atoms with Crippen molar-refractivity contribution in [3.8, 4) is 0 Å². The second-order valence-corrected chi connectivity index (χ2v) is 4.94. The van der Waals surface area contributed by atoms with E-state index in [1.165, 1.54) is 23.3 Å². The molecule has 1 amide bonds. The SMILES string of the molecule is CNCNC(=O)c1cc2c(s1)CCCC2. The third kappa shape index (κ3) is 2.38. The van der Waals surface area contributed by atoms with Gasteiger partial charge < -0.3 is 10.6 Å². The number of hydrogen-bond acceptors (Lipinski definition) is 3. The van der Waals surface area contributed by atoms with Crippen LogP contribution in [0.1, 0.15) is 33.0 Å². The van der Waals surface area contributed by atoms with Crippen LogP contribution in [0, 0.1) is 0 Å². The Morgan fingerprint density at radius 2 is 2.27 bits per heavy atom. The fourth-order valence-corrected chi connectivity index (χ4v) is 3.03. The highest BCUT2D eigenvalue weighted by molar-refractivity contribution is 7.14. The van der Waals surface area contributed by atoms with Crippen LogP contribution in [0.5, 0.6) is 0 Å². The molecule has 3 nitrogen and oxygen atoms in total. The van der Waals surface area contributed by atoms with E-state index in [0.717, 1.165) is 17.7 Å². The Morgan fingerprint density at radius 1 is 1.47 bits per heavy atom. The highest BCUT2D eigenvalue weighted by Gasteiger charge is 2.16. The standard InChI is InChI=1S/C11H16N2OS/c1-12-7-13-11(14)10-6-8-4-2-3-5-9(8)15-10/h6,12H,2-5,7H2,1H3,(H,13,14). The van der Waals surface area contributed by atoms with E-state index in [1.54, 1.807) is 11.3 Å². The molecule has 0 atom stereocenters. The summed E-state index contributed by atoms with van der Waals surface area (Å²) >= 11 is 1.65. The summed E-state index contributed by atoms with van der Waals surface area (Å²) in [5.74, 6) is 0.0451. The molecule has 0 unspecified atom stereocenters. The van der Waals surface area contributed by atoms with Crippen molar-refractivity contribution in [3.05, 3.63) is 21.4 Å². The molecular weight excluding hydrogens is 208 g/mol. The van der Waals surface area contributed by atoms with Crippen LogP contribution in [0.15, 0.2) is 6.07 Å². The first kappa shape index (κ1) is 10.6. The van der Waals surface area contributed by atoms with E-state index in [0.29, 0.717) is 6.67 Å². The van der Waals surface area contributed by atoms with E-state index in [-0.39, 0.29) is 5.91 Å². The normalized spacial score (nSPS) is 14.7. The van der Waals surface area contributed by atoms with Crippen LogP contribution in [-0.2, 0) is 12.8 Å². The minimum atomic E-state index is 0.0451. The number of thiophene rings is 1. The maximum Gasteiger partial charge on any atom is 0.262 e. The van der Waals surface area contributed by atoms with E-state index in [4.69, 9.17) is 0 Å². The number of carbonyl (C=O) groups excluding carboxylic acids is 1. The molecule has 0 spiro atoms. The van der Waals surface area contributed by atoms with Crippen molar-refractivity contribution in [2.45, 2.75) is 25.7 Å². The fraction of sp³-hybridized carbons (Fsp3) is 0.545. The van der Waals surface area contributed by atoms with E-state index in [9.17, 15) is 4.79 Å². The Labute approximate surface area is 93.9 Å². The van der Waals surface area contributed by atoms with Crippen LogP contribution < -0.4 is 10.6 Å². The third-order valence-electron chi connectivity index (χ3n) is 2.65. The van der Waals surface area contributed by atoms with Gasteiger partial charge in [0.1, 0.15) is 0 Å². The zero-order valence-electron chi connectivity index (χ0n) is 8.93.